The average Bonchev–Trinajstić information content (AvgIpc) is 3.21. The minimum Gasteiger partial charge on any atom is -0.390 e. The van der Waals surface area contributed by atoms with Gasteiger partial charge in [0.1, 0.15) is 0 Å². The Morgan fingerprint density at radius 1 is 1.05 bits per heavy atom. The zero-order valence-corrected chi connectivity index (χ0v) is 11.9. The van der Waals surface area contributed by atoms with Gasteiger partial charge in [-0.25, -0.2) is 0 Å². The summed E-state index contributed by atoms with van der Waals surface area (Å²) in [5, 5.41) is 10.0. The molecule has 1 aliphatic heterocycles. The van der Waals surface area contributed by atoms with Crippen LogP contribution < -0.4 is 0 Å². The van der Waals surface area contributed by atoms with Gasteiger partial charge in [-0.2, -0.15) is 0 Å². The Balaban J connectivity index is 1.64. The van der Waals surface area contributed by atoms with Gasteiger partial charge < -0.3 is 9.67 Å². The molecule has 2 aromatic heterocycles. The van der Waals surface area contributed by atoms with Crippen LogP contribution in [0.4, 0.5) is 0 Å². The summed E-state index contributed by atoms with van der Waals surface area (Å²) in [5.41, 5.74) is 1.55. The third-order valence-corrected chi connectivity index (χ3v) is 4.11. The van der Waals surface area contributed by atoms with E-state index in [4.69, 9.17) is 0 Å². The number of β-amino-alcohol motifs (C(OH)–C–C–N with tert-alkyl or cyclic N) is 1. The van der Waals surface area contributed by atoms with Gasteiger partial charge in [0.25, 0.3) is 0 Å². The van der Waals surface area contributed by atoms with E-state index in [0.717, 1.165) is 13.1 Å². The summed E-state index contributed by atoms with van der Waals surface area (Å²) < 4.78 is 1.73. The SMILES string of the molecule is O=C1c2ccncc2C(=O)c2cn(CC(O)CN3CC3)cc21. The fourth-order valence-electron chi connectivity index (χ4n) is 2.89. The molecule has 112 valence electrons. The fraction of sp³-hybridized carbons (Fsp3) is 0.312. The summed E-state index contributed by atoms with van der Waals surface area (Å²) >= 11 is 0. The Morgan fingerprint density at radius 3 is 2.41 bits per heavy atom. The molecule has 0 radical (unpaired) electrons. The summed E-state index contributed by atoms with van der Waals surface area (Å²) in [6.07, 6.45) is 5.75. The van der Waals surface area contributed by atoms with Crippen molar-refractivity contribution < 1.29 is 14.7 Å². The highest BCUT2D eigenvalue weighted by molar-refractivity contribution is 6.28. The number of rotatable bonds is 4. The van der Waals surface area contributed by atoms with Crippen LogP contribution in [0.15, 0.2) is 30.9 Å². The van der Waals surface area contributed by atoms with Crippen molar-refractivity contribution in [2.45, 2.75) is 12.6 Å². The predicted molar refractivity (Wildman–Crippen MR) is 78.0 cm³/mol. The minimum absolute atomic E-state index is 0.161. The Morgan fingerprint density at radius 2 is 1.73 bits per heavy atom. The van der Waals surface area contributed by atoms with Crippen molar-refractivity contribution in [3.05, 3.63) is 53.1 Å². The van der Waals surface area contributed by atoms with E-state index in [0.29, 0.717) is 35.3 Å². The van der Waals surface area contributed by atoms with Gasteiger partial charge in [0.05, 0.1) is 22.8 Å². The Hall–Kier alpha value is -2.31. The van der Waals surface area contributed by atoms with E-state index in [1.165, 1.54) is 12.4 Å². The summed E-state index contributed by atoms with van der Waals surface area (Å²) in [6, 6.07) is 1.57. The quantitative estimate of drug-likeness (QED) is 0.703. The zero-order chi connectivity index (χ0) is 15.3. The summed E-state index contributed by atoms with van der Waals surface area (Å²) in [7, 11) is 0. The molecule has 3 heterocycles. The van der Waals surface area contributed by atoms with E-state index < -0.39 is 6.10 Å². The maximum Gasteiger partial charge on any atom is 0.197 e. The molecule has 1 N–H and O–H groups in total. The standard InChI is InChI=1S/C16H15N3O3/c20-10(6-18-3-4-18)7-19-8-13-14(9-19)16(22)12-5-17-2-1-11(12)15(13)21/h1-2,5,8-10,20H,3-4,6-7H2. The van der Waals surface area contributed by atoms with Crippen molar-refractivity contribution in [2.24, 2.45) is 0 Å². The first-order valence-electron chi connectivity index (χ1n) is 7.27. The molecule has 0 amide bonds. The van der Waals surface area contributed by atoms with Crippen LogP contribution in [0, 0.1) is 0 Å². The van der Waals surface area contributed by atoms with Crippen molar-refractivity contribution in [3.8, 4) is 0 Å². The van der Waals surface area contributed by atoms with Crippen molar-refractivity contribution in [1.29, 1.82) is 0 Å². The first-order chi connectivity index (χ1) is 10.6. The molecule has 6 heteroatoms. The number of fused-ring (bicyclic) bond motifs is 2. The van der Waals surface area contributed by atoms with Crippen LogP contribution in [0.5, 0.6) is 0 Å². The highest BCUT2D eigenvalue weighted by Gasteiger charge is 2.31. The number of aliphatic hydroxyl groups is 1. The molecule has 2 aromatic rings. The maximum atomic E-state index is 12.5. The normalized spacial score (nSPS) is 18.0. The lowest BCUT2D eigenvalue weighted by molar-refractivity contribution is 0.0979. The zero-order valence-electron chi connectivity index (χ0n) is 11.9. The molecule has 22 heavy (non-hydrogen) atoms. The van der Waals surface area contributed by atoms with Crippen molar-refractivity contribution >= 4 is 11.6 Å². The van der Waals surface area contributed by atoms with Gasteiger partial charge >= 0.3 is 0 Å². The van der Waals surface area contributed by atoms with Crippen LogP contribution in [0.25, 0.3) is 0 Å². The number of hydrogen-bond donors (Lipinski definition) is 1. The Bertz CT molecular complexity index is 724. The molecule has 0 aromatic carbocycles. The van der Waals surface area contributed by atoms with Crippen LogP contribution in [0.2, 0.25) is 0 Å². The molecule has 4 rings (SSSR count). The molecule has 0 spiro atoms. The van der Waals surface area contributed by atoms with Gasteiger partial charge in [0, 0.05) is 56.5 Å². The highest BCUT2D eigenvalue weighted by atomic mass is 16.3. The smallest absolute Gasteiger partial charge is 0.197 e. The third-order valence-electron chi connectivity index (χ3n) is 4.11. The highest BCUT2D eigenvalue weighted by Crippen LogP contribution is 2.27. The molecule has 0 bridgehead atoms. The molecular formula is C16H15N3O3. The summed E-state index contributed by atoms with van der Waals surface area (Å²) in [5.74, 6) is -0.344. The van der Waals surface area contributed by atoms with E-state index in [1.807, 2.05) is 0 Å². The molecule has 1 aliphatic carbocycles. The lowest BCUT2D eigenvalue weighted by Crippen LogP contribution is -2.24. The number of hydrogen-bond acceptors (Lipinski definition) is 5. The van der Waals surface area contributed by atoms with Crippen LogP contribution in [0.3, 0.4) is 0 Å². The minimum atomic E-state index is -0.509. The number of pyridine rings is 1. The molecule has 1 saturated heterocycles. The number of aliphatic hydroxyl groups excluding tert-OH is 1. The number of carbonyl (C=O) groups is 2. The topological polar surface area (TPSA) is 75.2 Å². The maximum absolute atomic E-state index is 12.5. The molecule has 1 unspecified atom stereocenters. The van der Waals surface area contributed by atoms with E-state index in [-0.39, 0.29) is 11.6 Å². The first kappa shape index (κ1) is 13.4. The van der Waals surface area contributed by atoms with Gasteiger partial charge in [0.2, 0.25) is 0 Å². The third kappa shape index (κ3) is 2.17. The molecule has 0 saturated carbocycles. The van der Waals surface area contributed by atoms with Gasteiger partial charge in [-0.3, -0.25) is 19.5 Å². The van der Waals surface area contributed by atoms with E-state index in [1.54, 1.807) is 23.0 Å². The van der Waals surface area contributed by atoms with Crippen LogP contribution in [-0.4, -0.2) is 56.9 Å². The lowest BCUT2D eigenvalue weighted by atomic mass is 9.88. The van der Waals surface area contributed by atoms with Crippen molar-refractivity contribution in [2.75, 3.05) is 19.6 Å². The number of nitrogens with zero attached hydrogens (tertiary/aromatic N) is 3. The molecular weight excluding hydrogens is 282 g/mol. The van der Waals surface area contributed by atoms with Gasteiger partial charge in [-0.1, -0.05) is 0 Å². The summed E-state index contributed by atoms with van der Waals surface area (Å²) in [4.78, 5) is 31.0. The Labute approximate surface area is 127 Å². The van der Waals surface area contributed by atoms with Gasteiger partial charge in [-0.05, 0) is 6.07 Å². The van der Waals surface area contributed by atoms with Gasteiger partial charge in [0.15, 0.2) is 11.6 Å². The monoisotopic (exact) mass is 297 g/mol. The second-order valence-electron chi connectivity index (χ2n) is 5.82. The van der Waals surface area contributed by atoms with Crippen LogP contribution in [0.1, 0.15) is 31.8 Å². The van der Waals surface area contributed by atoms with E-state index in [2.05, 4.69) is 9.88 Å². The fourth-order valence-corrected chi connectivity index (χ4v) is 2.89. The van der Waals surface area contributed by atoms with Crippen molar-refractivity contribution in [3.63, 3.8) is 0 Å². The molecule has 1 fully saturated rings. The molecule has 1 atom stereocenters. The average molecular weight is 297 g/mol. The number of aromatic nitrogens is 2. The Kier molecular flexibility index (Phi) is 2.95. The second kappa shape index (κ2) is 4.86. The van der Waals surface area contributed by atoms with E-state index in [9.17, 15) is 14.7 Å². The van der Waals surface area contributed by atoms with Crippen LogP contribution in [-0.2, 0) is 6.54 Å². The lowest BCUT2D eigenvalue weighted by Gasteiger charge is -2.12. The van der Waals surface area contributed by atoms with Gasteiger partial charge in [-0.15, -0.1) is 0 Å². The van der Waals surface area contributed by atoms with Crippen molar-refractivity contribution in [1.82, 2.24) is 14.5 Å². The van der Waals surface area contributed by atoms with Crippen LogP contribution >= 0.6 is 0 Å². The number of ketones is 2. The van der Waals surface area contributed by atoms with E-state index >= 15 is 0 Å². The molecule has 6 nitrogen and oxygen atoms in total. The largest absolute Gasteiger partial charge is 0.390 e. The summed E-state index contributed by atoms with van der Waals surface area (Å²) in [6.45, 7) is 3.05. The first-order valence-corrected chi connectivity index (χ1v) is 7.27. The number of carbonyl (C=O) groups excluding carboxylic acids is 2. The predicted octanol–water partition coefficient (Wildman–Crippen LogP) is 0.335. The molecule has 2 aliphatic rings. The second-order valence-corrected chi connectivity index (χ2v) is 5.82.